The third kappa shape index (κ3) is 4.98. The average Bonchev–Trinajstić information content (AvgIpc) is 3.23. The molecule has 0 aliphatic carbocycles. The van der Waals surface area contributed by atoms with Gasteiger partial charge in [0.15, 0.2) is 0 Å². The summed E-state index contributed by atoms with van der Waals surface area (Å²) in [6, 6.07) is 22.1. The Morgan fingerprint density at radius 1 is 0.811 bits per heavy atom. The Bertz CT molecular complexity index is 1240. The van der Waals surface area contributed by atoms with E-state index < -0.39 is 0 Å². The largest absolute Gasteiger partial charge is 0.339 e. The lowest BCUT2D eigenvalue weighted by Gasteiger charge is -2.40. The van der Waals surface area contributed by atoms with E-state index in [1.807, 2.05) is 17.0 Å². The molecule has 0 N–H and O–H groups in total. The van der Waals surface area contributed by atoms with Crippen molar-refractivity contribution in [2.75, 3.05) is 50.7 Å². The van der Waals surface area contributed by atoms with Crippen LogP contribution in [0.5, 0.6) is 0 Å². The second kappa shape index (κ2) is 10.2. The maximum absolute atomic E-state index is 14.3. The predicted octanol–water partition coefficient (Wildman–Crippen LogP) is 4.62. The molecule has 1 amide bonds. The highest BCUT2D eigenvalue weighted by atomic mass is 19.1. The van der Waals surface area contributed by atoms with Gasteiger partial charge >= 0.3 is 0 Å². The number of carbonyl (C=O) groups excluding carboxylic acids is 1. The minimum atomic E-state index is -0.270. The summed E-state index contributed by atoms with van der Waals surface area (Å²) in [6.45, 7) is 6.07. The SMILES string of the molecule is O=C(CN1CC[C@@H]2[C@@H](C1)c1cc(F)ccc1N2c1ccc(F)cc1)N1CCN(Cc2ccccc2)CC1. The van der Waals surface area contributed by atoms with Gasteiger partial charge in [0.05, 0.1) is 6.54 Å². The highest BCUT2D eigenvalue weighted by Gasteiger charge is 2.43. The normalized spacial score (nSPS) is 22.1. The maximum atomic E-state index is 14.3. The van der Waals surface area contributed by atoms with Crippen molar-refractivity contribution in [2.24, 2.45) is 0 Å². The molecule has 2 saturated heterocycles. The number of piperidine rings is 1. The summed E-state index contributed by atoms with van der Waals surface area (Å²) in [6.07, 6.45) is 0.858. The zero-order valence-electron chi connectivity index (χ0n) is 20.9. The van der Waals surface area contributed by atoms with Crippen molar-refractivity contribution in [3.8, 4) is 0 Å². The van der Waals surface area contributed by atoms with Crippen molar-refractivity contribution in [3.05, 3.63) is 95.6 Å². The summed E-state index contributed by atoms with van der Waals surface area (Å²) in [5.74, 6) is -0.251. The van der Waals surface area contributed by atoms with Crippen molar-refractivity contribution in [3.63, 3.8) is 0 Å². The van der Waals surface area contributed by atoms with Crippen LogP contribution in [0.25, 0.3) is 0 Å². The molecule has 5 nitrogen and oxygen atoms in total. The molecule has 3 heterocycles. The molecule has 0 bridgehead atoms. The van der Waals surface area contributed by atoms with Crippen LogP contribution >= 0.6 is 0 Å². The smallest absolute Gasteiger partial charge is 0.236 e. The van der Waals surface area contributed by atoms with Gasteiger partial charge in [0.25, 0.3) is 0 Å². The molecule has 3 aromatic rings. The highest BCUT2D eigenvalue weighted by Crippen LogP contribution is 2.48. The molecular formula is C30H32F2N4O. The Morgan fingerprint density at radius 2 is 1.54 bits per heavy atom. The Kier molecular flexibility index (Phi) is 6.65. The minimum Gasteiger partial charge on any atom is -0.339 e. The van der Waals surface area contributed by atoms with E-state index in [9.17, 15) is 13.6 Å². The van der Waals surface area contributed by atoms with E-state index >= 15 is 0 Å². The van der Waals surface area contributed by atoms with E-state index in [2.05, 4.69) is 39.0 Å². The van der Waals surface area contributed by atoms with E-state index in [1.54, 1.807) is 18.2 Å². The first-order valence-corrected chi connectivity index (χ1v) is 13.2. The van der Waals surface area contributed by atoms with Crippen LogP contribution < -0.4 is 4.90 Å². The quantitative estimate of drug-likeness (QED) is 0.510. The molecule has 3 aliphatic heterocycles. The molecule has 0 saturated carbocycles. The number of nitrogens with zero attached hydrogens (tertiary/aromatic N) is 4. The second-order valence-electron chi connectivity index (χ2n) is 10.4. The second-order valence-corrected chi connectivity index (χ2v) is 10.4. The van der Waals surface area contributed by atoms with E-state index in [-0.39, 0.29) is 29.5 Å². The van der Waals surface area contributed by atoms with Crippen LogP contribution in [0.4, 0.5) is 20.2 Å². The van der Waals surface area contributed by atoms with Crippen molar-refractivity contribution in [1.82, 2.24) is 14.7 Å². The number of rotatable bonds is 5. The highest BCUT2D eigenvalue weighted by molar-refractivity contribution is 5.78. The number of likely N-dealkylation sites (tertiary alicyclic amines) is 1. The van der Waals surface area contributed by atoms with Crippen LogP contribution in [0.2, 0.25) is 0 Å². The molecule has 7 heteroatoms. The maximum Gasteiger partial charge on any atom is 0.236 e. The third-order valence-electron chi connectivity index (χ3n) is 8.08. The summed E-state index contributed by atoms with van der Waals surface area (Å²) < 4.78 is 27.9. The van der Waals surface area contributed by atoms with Crippen molar-refractivity contribution in [1.29, 1.82) is 0 Å². The number of amides is 1. The number of piperazine rings is 1. The van der Waals surface area contributed by atoms with Crippen LogP contribution in [-0.4, -0.2) is 72.5 Å². The number of halogens is 2. The molecule has 3 aliphatic rings. The topological polar surface area (TPSA) is 30.0 Å². The fourth-order valence-corrected chi connectivity index (χ4v) is 6.21. The molecular weight excluding hydrogens is 470 g/mol. The van der Waals surface area contributed by atoms with Crippen LogP contribution in [-0.2, 0) is 11.3 Å². The van der Waals surface area contributed by atoms with Gasteiger partial charge in [0.1, 0.15) is 11.6 Å². The van der Waals surface area contributed by atoms with E-state index in [4.69, 9.17) is 0 Å². The molecule has 37 heavy (non-hydrogen) atoms. The van der Waals surface area contributed by atoms with Crippen LogP contribution in [0.1, 0.15) is 23.5 Å². The summed E-state index contributed by atoms with van der Waals surface area (Å²) in [5, 5.41) is 0. The van der Waals surface area contributed by atoms with Crippen molar-refractivity contribution in [2.45, 2.75) is 24.9 Å². The van der Waals surface area contributed by atoms with Crippen LogP contribution in [0.3, 0.4) is 0 Å². The van der Waals surface area contributed by atoms with E-state index in [0.717, 1.165) is 62.6 Å². The Morgan fingerprint density at radius 3 is 2.30 bits per heavy atom. The molecule has 0 spiro atoms. The molecule has 0 radical (unpaired) electrons. The van der Waals surface area contributed by atoms with Gasteiger partial charge in [-0.3, -0.25) is 14.6 Å². The first-order chi connectivity index (χ1) is 18.0. The van der Waals surface area contributed by atoms with Gasteiger partial charge < -0.3 is 9.80 Å². The van der Waals surface area contributed by atoms with E-state index in [0.29, 0.717) is 13.1 Å². The fraction of sp³-hybridized carbons (Fsp3) is 0.367. The molecule has 6 rings (SSSR count). The number of benzene rings is 3. The van der Waals surface area contributed by atoms with Crippen molar-refractivity contribution >= 4 is 17.3 Å². The van der Waals surface area contributed by atoms with Crippen LogP contribution in [0, 0.1) is 11.6 Å². The minimum absolute atomic E-state index is 0.0972. The van der Waals surface area contributed by atoms with E-state index in [1.165, 1.54) is 23.8 Å². The van der Waals surface area contributed by atoms with Gasteiger partial charge in [0.2, 0.25) is 5.91 Å². The van der Waals surface area contributed by atoms with Gasteiger partial charge in [-0.1, -0.05) is 30.3 Å². The lowest BCUT2D eigenvalue weighted by atomic mass is 9.89. The summed E-state index contributed by atoms with van der Waals surface area (Å²) >= 11 is 0. The Labute approximate surface area is 216 Å². The fourth-order valence-electron chi connectivity index (χ4n) is 6.21. The number of anilines is 2. The summed E-state index contributed by atoms with van der Waals surface area (Å²) in [7, 11) is 0. The van der Waals surface area contributed by atoms with Gasteiger partial charge in [-0.25, -0.2) is 8.78 Å². The van der Waals surface area contributed by atoms with Crippen molar-refractivity contribution < 1.29 is 13.6 Å². The molecule has 0 aromatic heterocycles. The monoisotopic (exact) mass is 502 g/mol. The average molecular weight is 503 g/mol. The number of hydrogen-bond acceptors (Lipinski definition) is 4. The molecule has 192 valence electrons. The third-order valence-corrected chi connectivity index (χ3v) is 8.08. The first kappa shape index (κ1) is 24.1. The molecule has 0 unspecified atom stereocenters. The molecule has 3 aromatic carbocycles. The Balaban J connectivity index is 1.10. The summed E-state index contributed by atoms with van der Waals surface area (Å²) in [5.41, 5.74) is 4.17. The lowest BCUT2D eigenvalue weighted by molar-refractivity contribution is -0.134. The van der Waals surface area contributed by atoms with Gasteiger partial charge in [0, 0.05) is 69.1 Å². The predicted molar refractivity (Wildman–Crippen MR) is 141 cm³/mol. The number of hydrogen-bond donors (Lipinski definition) is 0. The lowest BCUT2D eigenvalue weighted by Crippen LogP contribution is -2.53. The van der Waals surface area contributed by atoms with Gasteiger partial charge in [-0.05, 0) is 60.0 Å². The molecule has 2 atom stereocenters. The first-order valence-electron chi connectivity index (χ1n) is 13.2. The van der Waals surface area contributed by atoms with Gasteiger partial charge in [-0.15, -0.1) is 0 Å². The zero-order valence-corrected chi connectivity index (χ0v) is 20.9. The summed E-state index contributed by atoms with van der Waals surface area (Å²) in [4.78, 5) is 22.0. The number of carbonyl (C=O) groups is 1. The van der Waals surface area contributed by atoms with Crippen LogP contribution in [0.15, 0.2) is 72.8 Å². The number of fused-ring (bicyclic) bond motifs is 3. The molecule has 2 fully saturated rings. The zero-order chi connectivity index (χ0) is 25.4. The Hall–Kier alpha value is -3.29. The van der Waals surface area contributed by atoms with Gasteiger partial charge in [-0.2, -0.15) is 0 Å². The standard InChI is InChI=1S/C30H32F2N4O/c31-23-6-9-25(10-7-23)36-28-11-8-24(32)18-26(28)27-20-34(13-12-29(27)36)21-30(37)35-16-14-33(15-17-35)19-22-4-2-1-3-5-22/h1-11,18,27,29H,12-17,19-21H2/t27-,29+/m0/s1.